The summed E-state index contributed by atoms with van der Waals surface area (Å²) in [5.74, 6) is 0.197. The fraction of sp³-hybridized carbons (Fsp3) is 0.385. The number of phenols is 1. The van der Waals surface area contributed by atoms with E-state index in [2.05, 4.69) is 46.6 Å². The molecule has 158 valence electrons. The predicted octanol–water partition coefficient (Wildman–Crippen LogP) is 6.10. The Hall–Kier alpha value is -2.88. The Morgan fingerprint density at radius 2 is 1.50 bits per heavy atom. The minimum absolute atomic E-state index is 0.138. The summed E-state index contributed by atoms with van der Waals surface area (Å²) in [6.07, 6.45) is 1.89. The molecule has 4 nitrogen and oxygen atoms in total. The predicted molar refractivity (Wildman–Crippen MR) is 125 cm³/mol. The maximum atomic E-state index is 13.2. The van der Waals surface area contributed by atoms with Gasteiger partial charge in [0.1, 0.15) is 5.75 Å². The van der Waals surface area contributed by atoms with E-state index in [0.717, 1.165) is 27.9 Å². The highest BCUT2D eigenvalue weighted by Crippen LogP contribution is 2.40. The molecule has 0 fully saturated rings. The number of benzene rings is 2. The summed E-state index contributed by atoms with van der Waals surface area (Å²) >= 11 is 0. The maximum Gasteiger partial charge on any atom is 0.280 e. The van der Waals surface area contributed by atoms with E-state index in [1.54, 1.807) is 0 Å². The molecular formula is C26H32N2O2. The zero-order chi connectivity index (χ0) is 22.4. The van der Waals surface area contributed by atoms with Gasteiger partial charge in [-0.05, 0) is 66.1 Å². The summed E-state index contributed by atoms with van der Waals surface area (Å²) in [7, 11) is 0. The van der Waals surface area contributed by atoms with Gasteiger partial charge in [0.05, 0.1) is 17.0 Å². The second-order valence-corrected chi connectivity index (χ2v) is 10.2. The molecule has 0 aliphatic carbocycles. The van der Waals surface area contributed by atoms with Crippen molar-refractivity contribution >= 4 is 23.4 Å². The first-order valence-electron chi connectivity index (χ1n) is 10.4. The van der Waals surface area contributed by atoms with Gasteiger partial charge in [-0.1, -0.05) is 53.7 Å². The van der Waals surface area contributed by atoms with Gasteiger partial charge in [-0.25, -0.2) is 0 Å². The largest absolute Gasteiger partial charge is 0.507 e. The zero-order valence-corrected chi connectivity index (χ0v) is 19.3. The van der Waals surface area contributed by atoms with E-state index >= 15 is 0 Å². The molecule has 30 heavy (non-hydrogen) atoms. The molecule has 4 heteroatoms. The summed E-state index contributed by atoms with van der Waals surface area (Å²) in [6, 6.07) is 11.7. The summed E-state index contributed by atoms with van der Waals surface area (Å²) < 4.78 is 0. The summed E-state index contributed by atoms with van der Waals surface area (Å²) in [5.41, 5.74) is 5.28. The minimum Gasteiger partial charge on any atom is -0.507 e. The number of rotatable bonds is 2. The first-order valence-corrected chi connectivity index (χ1v) is 10.4. The highest BCUT2D eigenvalue weighted by molar-refractivity contribution is 6.32. The van der Waals surface area contributed by atoms with Crippen LogP contribution in [-0.2, 0) is 15.6 Å². The van der Waals surface area contributed by atoms with Gasteiger partial charge in [0.2, 0.25) is 0 Å². The monoisotopic (exact) mass is 404 g/mol. The van der Waals surface area contributed by atoms with E-state index in [4.69, 9.17) is 0 Å². The quantitative estimate of drug-likeness (QED) is 0.615. The van der Waals surface area contributed by atoms with Gasteiger partial charge in [-0.3, -0.25) is 4.79 Å². The summed E-state index contributed by atoms with van der Waals surface area (Å²) in [4.78, 5) is 13.2. The molecule has 1 heterocycles. The Kier molecular flexibility index (Phi) is 5.40. The molecular weight excluding hydrogens is 372 g/mol. The van der Waals surface area contributed by atoms with Crippen LogP contribution in [0.5, 0.6) is 5.75 Å². The average Bonchev–Trinajstić information content (AvgIpc) is 2.89. The lowest BCUT2D eigenvalue weighted by molar-refractivity contribution is -0.114. The molecule has 1 aliphatic heterocycles. The molecule has 1 N–H and O–H groups in total. The number of carbonyl (C=O) groups excluding carboxylic acids is 1. The normalized spacial score (nSPS) is 16.4. The lowest BCUT2D eigenvalue weighted by Gasteiger charge is -2.28. The van der Waals surface area contributed by atoms with Gasteiger partial charge in [0, 0.05) is 11.1 Å². The molecule has 0 unspecified atom stereocenters. The first kappa shape index (κ1) is 21.8. The maximum absolute atomic E-state index is 13.2. The van der Waals surface area contributed by atoms with E-state index in [1.807, 2.05) is 56.3 Å². The number of carbonyl (C=O) groups is 1. The van der Waals surface area contributed by atoms with Gasteiger partial charge in [-0.2, -0.15) is 10.1 Å². The topological polar surface area (TPSA) is 52.9 Å². The second kappa shape index (κ2) is 7.42. The van der Waals surface area contributed by atoms with E-state index in [1.165, 1.54) is 5.01 Å². The third-order valence-corrected chi connectivity index (χ3v) is 5.37. The Bertz CT molecular complexity index is 1030. The van der Waals surface area contributed by atoms with Gasteiger partial charge >= 0.3 is 0 Å². The number of hydrogen-bond donors (Lipinski definition) is 1. The molecule has 0 saturated heterocycles. The van der Waals surface area contributed by atoms with Crippen molar-refractivity contribution in [2.24, 2.45) is 5.10 Å². The van der Waals surface area contributed by atoms with Crippen LogP contribution in [0.2, 0.25) is 0 Å². The highest BCUT2D eigenvalue weighted by Gasteiger charge is 2.30. The average molecular weight is 405 g/mol. The molecule has 0 aromatic heterocycles. The van der Waals surface area contributed by atoms with Crippen molar-refractivity contribution in [3.05, 3.63) is 64.2 Å². The zero-order valence-electron chi connectivity index (χ0n) is 19.3. The van der Waals surface area contributed by atoms with Crippen molar-refractivity contribution in [2.75, 3.05) is 5.01 Å². The molecule has 0 radical (unpaired) electrons. The molecule has 0 bridgehead atoms. The number of hydrogen-bond acceptors (Lipinski definition) is 3. The fourth-order valence-corrected chi connectivity index (χ4v) is 3.67. The van der Waals surface area contributed by atoms with Crippen LogP contribution in [0.25, 0.3) is 6.08 Å². The van der Waals surface area contributed by atoms with Crippen molar-refractivity contribution in [3.63, 3.8) is 0 Å². The number of hydrazone groups is 1. The molecule has 0 atom stereocenters. The van der Waals surface area contributed by atoms with Gasteiger partial charge in [-0.15, -0.1) is 0 Å². The smallest absolute Gasteiger partial charge is 0.280 e. The van der Waals surface area contributed by atoms with Crippen molar-refractivity contribution in [1.82, 2.24) is 0 Å². The molecule has 2 aromatic rings. The highest BCUT2D eigenvalue weighted by atomic mass is 16.3. The first-order chi connectivity index (χ1) is 13.8. The Morgan fingerprint density at radius 3 is 2.00 bits per heavy atom. The minimum atomic E-state index is -0.227. The van der Waals surface area contributed by atoms with Crippen LogP contribution < -0.4 is 5.01 Å². The second-order valence-electron chi connectivity index (χ2n) is 10.2. The van der Waals surface area contributed by atoms with Crippen LogP contribution >= 0.6 is 0 Å². The van der Waals surface area contributed by atoms with E-state index in [9.17, 15) is 9.90 Å². The van der Waals surface area contributed by atoms with Crippen molar-refractivity contribution in [2.45, 2.75) is 66.2 Å². The van der Waals surface area contributed by atoms with E-state index < -0.39 is 0 Å². The molecule has 1 aliphatic rings. The van der Waals surface area contributed by atoms with Crippen molar-refractivity contribution in [3.8, 4) is 5.75 Å². The SMILES string of the molecule is CC1=NN(c2cccc(C)c2)C(=O)/C1=C\c1cc(C(C)(C)C)c(O)c(C(C)(C)C)c1. The summed E-state index contributed by atoms with van der Waals surface area (Å²) in [6.45, 7) is 16.3. The standard InChI is InChI=1S/C26H32N2O2/c1-16-10-9-11-19(12-16)28-24(30)20(17(2)27-28)13-18-14-21(25(3,4)5)23(29)22(15-18)26(6,7)8/h9-15,29H,1-8H3/b20-13-. The van der Waals surface area contributed by atoms with Gasteiger partial charge in [0.15, 0.2) is 0 Å². The van der Waals surface area contributed by atoms with Crippen molar-refractivity contribution < 1.29 is 9.90 Å². The Morgan fingerprint density at radius 1 is 0.933 bits per heavy atom. The fourth-order valence-electron chi connectivity index (χ4n) is 3.67. The number of nitrogens with zero attached hydrogens (tertiary/aromatic N) is 2. The van der Waals surface area contributed by atoms with E-state index in [0.29, 0.717) is 17.0 Å². The molecule has 0 saturated carbocycles. The van der Waals surface area contributed by atoms with Crippen LogP contribution in [0.4, 0.5) is 5.69 Å². The van der Waals surface area contributed by atoms with Crippen LogP contribution in [0.1, 0.15) is 70.7 Å². The third kappa shape index (κ3) is 4.18. The van der Waals surface area contributed by atoms with Crippen LogP contribution in [0, 0.1) is 6.92 Å². The number of phenolic OH excluding ortho intramolecular Hbond substituents is 1. The Labute approximate surface area is 179 Å². The van der Waals surface area contributed by atoms with Crippen molar-refractivity contribution in [1.29, 1.82) is 0 Å². The van der Waals surface area contributed by atoms with Crippen LogP contribution in [0.15, 0.2) is 47.1 Å². The molecule has 0 spiro atoms. The Balaban J connectivity index is 2.11. The summed E-state index contributed by atoms with van der Waals surface area (Å²) in [5, 5.41) is 16.9. The number of aromatic hydroxyl groups is 1. The number of aryl methyl sites for hydroxylation is 1. The van der Waals surface area contributed by atoms with Crippen LogP contribution in [0.3, 0.4) is 0 Å². The molecule has 1 amide bonds. The third-order valence-electron chi connectivity index (χ3n) is 5.37. The number of amides is 1. The molecule has 3 rings (SSSR count). The lowest BCUT2D eigenvalue weighted by Crippen LogP contribution is -2.21. The van der Waals surface area contributed by atoms with Crippen LogP contribution in [-0.4, -0.2) is 16.7 Å². The van der Waals surface area contributed by atoms with Gasteiger partial charge < -0.3 is 5.11 Å². The van der Waals surface area contributed by atoms with E-state index in [-0.39, 0.29) is 16.7 Å². The number of anilines is 1. The lowest BCUT2D eigenvalue weighted by atomic mass is 9.78. The van der Waals surface area contributed by atoms with Gasteiger partial charge in [0.25, 0.3) is 5.91 Å². The molecule has 2 aromatic carbocycles.